The van der Waals surface area contributed by atoms with Gasteiger partial charge in [-0.1, -0.05) is 6.07 Å². The molecule has 1 aliphatic rings. The van der Waals surface area contributed by atoms with Gasteiger partial charge in [0.05, 0.1) is 23.3 Å². The lowest BCUT2D eigenvalue weighted by atomic mass is 9.96. The van der Waals surface area contributed by atoms with Gasteiger partial charge in [0.25, 0.3) is 0 Å². The molecule has 0 spiro atoms. The predicted molar refractivity (Wildman–Crippen MR) is 125 cm³/mol. The van der Waals surface area contributed by atoms with Crippen molar-refractivity contribution in [3.05, 3.63) is 82.9 Å². The Morgan fingerprint density at radius 1 is 1.16 bits per heavy atom. The van der Waals surface area contributed by atoms with E-state index in [0.29, 0.717) is 0 Å². The second kappa shape index (κ2) is 8.15. The third-order valence-corrected chi connectivity index (χ3v) is 6.18. The number of aryl methyl sites for hydroxylation is 1. The Labute approximate surface area is 187 Å². The maximum Gasteiger partial charge on any atom is 0.335 e. The minimum atomic E-state index is -0.926. The molecule has 2 N–H and O–H groups in total. The van der Waals surface area contributed by atoms with Crippen LogP contribution in [0.15, 0.2) is 54.7 Å². The second-order valence-corrected chi connectivity index (χ2v) is 8.53. The van der Waals surface area contributed by atoms with Crippen LogP contribution in [0.2, 0.25) is 0 Å². The van der Waals surface area contributed by atoms with E-state index in [1.807, 2.05) is 36.5 Å². The van der Waals surface area contributed by atoms with Gasteiger partial charge in [0.15, 0.2) is 5.11 Å². The molecule has 0 amide bonds. The third kappa shape index (κ3) is 3.70. The molecule has 0 bridgehead atoms. The summed E-state index contributed by atoms with van der Waals surface area (Å²) in [6.45, 7) is 8.46. The zero-order chi connectivity index (χ0) is 22.3. The van der Waals surface area contributed by atoms with Crippen LogP contribution in [0, 0.1) is 13.8 Å². The normalized spacial score (nSPS) is 18.5. The average Bonchev–Trinajstić information content (AvgIpc) is 3.24. The van der Waals surface area contributed by atoms with Crippen LogP contribution in [0.1, 0.15) is 58.9 Å². The van der Waals surface area contributed by atoms with Crippen molar-refractivity contribution in [2.75, 3.05) is 0 Å². The minimum Gasteiger partial charge on any atom is -0.478 e. The Morgan fingerprint density at radius 2 is 1.87 bits per heavy atom. The molecule has 7 heteroatoms. The van der Waals surface area contributed by atoms with Crippen molar-refractivity contribution in [1.82, 2.24) is 19.8 Å². The largest absolute Gasteiger partial charge is 0.478 e. The van der Waals surface area contributed by atoms with E-state index in [1.165, 1.54) is 5.56 Å². The van der Waals surface area contributed by atoms with Gasteiger partial charge in [-0.3, -0.25) is 4.98 Å². The topological polar surface area (TPSA) is 70.4 Å². The predicted octanol–water partition coefficient (Wildman–Crippen LogP) is 4.57. The van der Waals surface area contributed by atoms with Crippen LogP contribution in [-0.4, -0.2) is 36.7 Å². The molecule has 1 fully saturated rings. The molecule has 6 nitrogen and oxygen atoms in total. The van der Waals surface area contributed by atoms with Gasteiger partial charge >= 0.3 is 5.97 Å². The summed E-state index contributed by atoms with van der Waals surface area (Å²) in [5.41, 5.74) is 5.52. The van der Waals surface area contributed by atoms with Crippen molar-refractivity contribution in [1.29, 1.82) is 0 Å². The minimum absolute atomic E-state index is 0.000595. The van der Waals surface area contributed by atoms with E-state index < -0.39 is 5.97 Å². The molecule has 0 radical (unpaired) electrons. The Kier molecular flexibility index (Phi) is 5.54. The average molecular weight is 435 g/mol. The summed E-state index contributed by atoms with van der Waals surface area (Å²) in [4.78, 5) is 18.1. The molecule has 2 unspecified atom stereocenters. The van der Waals surface area contributed by atoms with Crippen molar-refractivity contribution in [3.8, 4) is 5.69 Å². The number of nitrogens with one attached hydrogen (secondary N) is 1. The van der Waals surface area contributed by atoms with E-state index in [1.54, 1.807) is 12.1 Å². The highest BCUT2D eigenvalue weighted by Crippen LogP contribution is 2.42. The first-order chi connectivity index (χ1) is 14.8. The number of aromatic carboxylic acids is 1. The maximum atomic E-state index is 11.2. The van der Waals surface area contributed by atoms with Gasteiger partial charge in [0, 0.05) is 29.3 Å². The molecule has 1 aliphatic heterocycles. The molecule has 4 rings (SSSR count). The number of rotatable bonds is 5. The van der Waals surface area contributed by atoms with E-state index in [9.17, 15) is 9.90 Å². The molecule has 2 atom stereocenters. The van der Waals surface area contributed by atoms with Crippen LogP contribution in [-0.2, 0) is 0 Å². The summed E-state index contributed by atoms with van der Waals surface area (Å²) in [6, 6.07) is 15.3. The fraction of sp³-hybridized carbons (Fsp3) is 0.292. The van der Waals surface area contributed by atoms with Crippen LogP contribution in [0.4, 0.5) is 0 Å². The number of thiocarbonyl (C=S) groups is 1. The van der Waals surface area contributed by atoms with Gasteiger partial charge in [-0.25, -0.2) is 4.79 Å². The zero-order valence-corrected chi connectivity index (χ0v) is 18.9. The Hall–Kier alpha value is -3.19. The molecule has 3 heterocycles. The lowest BCUT2D eigenvalue weighted by molar-refractivity contribution is 0.0697. The van der Waals surface area contributed by atoms with Crippen LogP contribution >= 0.6 is 12.2 Å². The van der Waals surface area contributed by atoms with Crippen LogP contribution in [0.25, 0.3) is 5.69 Å². The van der Waals surface area contributed by atoms with E-state index in [4.69, 9.17) is 12.2 Å². The number of benzene rings is 1. The monoisotopic (exact) mass is 434 g/mol. The molecule has 1 aromatic carbocycles. The summed E-state index contributed by atoms with van der Waals surface area (Å²) in [7, 11) is 0. The van der Waals surface area contributed by atoms with Gasteiger partial charge in [0.1, 0.15) is 0 Å². The van der Waals surface area contributed by atoms with Crippen LogP contribution in [0.3, 0.4) is 0 Å². The second-order valence-electron chi connectivity index (χ2n) is 8.14. The fourth-order valence-electron chi connectivity index (χ4n) is 4.49. The summed E-state index contributed by atoms with van der Waals surface area (Å²) in [5.74, 6) is -0.926. The summed E-state index contributed by atoms with van der Waals surface area (Å²) in [6.07, 6.45) is 1.81. The number of carbonyl (C=O) groups is 1. The first-order valence-electron chi connectivity index (χ1n) is 10.3. The van der Waals surface area contributed by atoms with E-state index in [2.05, 4.69) is 53.5 Å². The van der Waals surface area contributed by atoms with Gasteiger partial charge in [-0.05, 0) is 87.9 Å². The molecule has 160 valence electrons. The van der Waals surface area contributed by atoms with Crippen molar-refractivity contribution in [2.45, 2.75) is 45.8 Å². The fourth-order valence-corrected chi connectivity index (χ4v) is 4.94. The molecule has 2 aromatic heterocycles. The third-order valence-electron chi connectivity index (χ3n) is 5.85. The molecule has 1 saturated heterocycles. The molecule has 3 aromatic rings. The van der Waals surface area contributed by atoms with Gasteiger partial charge in [0.2, 0.25) is 0 Å². The highest BCUT2D eigenvalue weighted by Gasteiger charge is 2.42. The number of carboxylic acids is 1. The first kappa shape index (κ1) is 21.1. The van der Waals surface area contributed by atoms with E-state index in [-0.39, 0.29) is 23.7 Å². The molecular formula is C24H26N4O2S. The number of nitrogens with zero attached hydrogens (tertiary/aromatic N) is 3. The first-order valence-corrected chi connectivity index (χ1v) is 10.7. The van der Waals surface area contributed by atoms with Crippen LogP contribution < -0.4 is 5.32 Å². The number of pyridine rings is 1. The Balaban J connectivity index is 1.82. The molecule has 0 aliphatic carbocycles. The van der Waals surface area contributed by atoms with E-state index in [0.717, 1.165) is 27.9 Å². The summed E-state index contributed by atoms with van der Waals surface area (Å²) >= 11 is 5.71. The van der Waals surface area contributed by atoms with Gasteiger partial charge in [-0.2, -0.15) is 0 Å². The Morgan fingerprint density at radius 3 is 2.45 bits per heavy atom. The maximum absolute atomic E-state index is 11.2. The van der Waals surface area contributed by atoms with Crippen molar-refractivity contribution in [2.24, 2.45) is 0 Å². The lowest BCUT2D eigenvalue weighted by Gasteiger charge is -2.31. The summed E-state index contributed by atoms with van der Waals surface area (Å²) < 4.78 is 2.16. The van der Waals surface area contributed by atoms with Crippen molar-refractivity contribution >= 4 is 23.3 Å². The highest BCUT2D eigenvalue weighted by molar-refractivity contribution is 7.80. The van der Waals surface area contributed by atoms with Gasteiger partial charge < -0.3 is 19.9 Å². The molecule has 0 saturated carbocycles. The SMILES string of the molecule is Cc1cc(C2C(c3ccccn3)NC(=S)N2C(C)C)c(C)n1-c1ccc(C(=O)O)cc1. The van der Waals surface area contributed by atoms with E-state index >= 15 is 0 Å². The number of hydrogen-bond donors (Lipinski definition) is 2. The lowest BCUT2D eigenvalue weighted by Crippen LogP contribution is -2.35. The van der Waals surface area contributed by atoms with Gasteiger partial charge in [-0.15, -0.1) is 0 Å². The summed E-state index contributed by atoms with van der Waals surface area (Å²) in [5, 5.41) is 13.4. The standard InChI is InChI=1S/C24H26N4O2S/c1-14(2)27-22(21(26-24(27)31)20-7-5-6-12-25-20)19-13-15(3)28(16(19)4)18-10-8-17(9-11-18)23(29)30/h5-14,21-22H,1-4H3,(H,26,31)(H,29,30). The Bertz CT molecular complexity index is 1120. The smallest absolute Gasteiger partial charge is 0.335 e. The van der Waals surface area contributed by atoms with Crippen molar-refractivity contribution in [3.63, 3.8) is 0 Å². The zero-order valence-electron chi connectivity index (χ0n) is 18.0. The van der Waals surface area contributed by atoms with Crippen LogP contribution in [0.5, 0.6) is 0 Å². The quantitative estimate of drug-likeness (QED) is 0.574. The molecule has 31 heavy (non-hydrogen) atoms. The highest BCUT2D eigenvalue weighted by atomic mass is 32.1. The van der Waals surface area contributed by atoms with Crippen molar-refractivity contribution < 1.29 is 9.90 Å². The molecular weight excluding hydrogens is 408 g/mol. The number of hydrogen-bond acceptors (Lipinski definition) is 3. The number of aromatic nitrogens is 2. The number of carboxylic acid groups (broad SMARTS) is 1.